The van der Waals surface area contributed by atoms with Gasteiger partial charge in [-0.2, -0.15) is 0 Å². The fraction of sp³-hybridized carbons (Fsp3) is 0.467. The minimum atomic E-state index is -0.917. The minimum Gasteiger partial charge on any atom is -0.493 e. The van der Waals surface area contributed by atoms with Crippen LogP contribution in [0.3, 0.4) is 0 Å². The van der Waals surface area contributed by atoms with Crippen LogP contribution in [0, 0.1) is 5.92 Å². The monoisotopic (exact) mass is 357 g/mol. The lowest BCUT2D eigenvalue weighted by Gasteiger charge is -2.20. The SMILES string of the molecule is CC(C)C(CC(=O)O)NC(=O)CCOc1cccc(Br)c1. The molecule has 5 nitrogen and oxygen atoms in total. The summed E-state index contributed by atoms with van der Waals surface area (Å²) in [6, 6.07) is 7.00. The largest absolute Gasteiger partial charge is 0.493 e. The lowest BCUT2D eigenvalue weighted by atomic mass is 10.0. The van der Waals surface area contributed by atoms with Crippen LogP contribution in [0.2, 0.25) is 0 Å². The Morgan fingerprint density at radius 2 is 2.10 bits per heavy atom. The highest BCUT2D eigenvalue weighted by Gasteiger charge is 2.19. The van der Waals surface area contributed by atoms with Crippen molar-refractivity contribution >= 4 is 27.8 Å². The van der Waals surface area contributed by atoms with Crippen LogP contribution in [-0.2, 0) is 9.59 Å². The van der Waals surface area contributed by atoms with Crippen molar-refractivity contribution in [3.05, 3.63) is 28.7 Å². The van der Waals surface area contributed by atoms with Crippen molar-refractivity contribution in [1.82, 2.24) is 5.32 Å². The first-order valence-corrected chi connectivity index (χ1v) is 7.57. The molecule has 6 heteroatoms. The normalized spacial score (nSPS) is 12.0. The number of halogens is 1. The molecule has 0 aliphatic carbocycles. The molecule has 1 amide bonds. The first-order chi connectivity index (χ1) is 9.88. The van der Waals surface area contributed by atoms with E-state index < -0.39 is 5.97 Å². The summed E-state index contributed by atoms with van der Waals surface area (Å²) < 4.78 is 6.38. The van der Waals surface area contributed by atoms with E-state index in [0.29, 0.717) is 5.75 Å². The first-order valence-electron chi connectivity index (χ1n) is 6.78. The van der Waals surface area contributed by atoms with Crippen molar-refractivity contribution in [3.63, 3.8) is 0 Å². The molecule has 1 atom stereocenters. The molecule has 0 radical (unpaired) electrons. The molecule has 0 fully saturated rings. The van der Waals surface area contributed by atoms with E-state index in [1.54, 1.807) is 0 Å². The van der Waals surface area contributed by atoms with E-state index in [4.69, 9.17) is 9.84 Å². The molecule has 2 N–H and O–H groups in total. The third-order valence-electron chi connectivity index (χ3n) is 2.94. The Bertz CT molecular complexity index is 490. The van der Waals surface area contributed by atoms with Gasteiger partial charge in [0.05, 0.1) is 19.4 Å². The van der Waals surface area contributed by atoms with E-state index in [-0.39, 0.29) is 37.3 Å². The Balaban J connectivity index is 2.37. The fourth-order valence-corrected chi connectivity index (χ4v) is 2.12. The predicted octanol–water partition coefficient (Wildman–Crippen LogP) is 2.83. The van der Waals surface area contributed by atoms with Crippen molar-refractivity contribution < 1.29 is 19.4 Å². The molecule has 0 saturated heterocycles. The molecule has 1 aromatic rings. The lowest BCUT2D eigenvalue weighted by molar-refractivity contribution is -0.138. The summed E-state index contributed by atoms with van der Waals surface area (Å²) in [4.78, 5) is 22.5. The Hall–Kier alpha value is -1.56. The number of hydrogen-bond donors (Lipinski definition) is 2. The van der Waals surface area contributed by atoms with E-state index in [1.807, 2.05) is 38.1 Å². The highest BCUT2D eigenvalue weighted by molar-refractivity contribution is 9.10. The van der Waals surface area contributed by atoms with Gasteiger partial charge in [-0.25, -0.2) is 0 Å². The van der Waals surface area contributed by atoms with Crippen molar-refractivity contribution in [3.8, 4) is 5.75 Å². The number of amides is 1. The van der Waals surface area contributed by atoms with Crippen LogP contribution in [0.5, 0.6) is 5.75 Å². The van der Waals surface area contributed by atoms with Crippen molar-refractivity contribution in [2.75, 3.05) is 6.61 Å². The highest BCUT2D eigenvalue weighted by atomic mass is 79.9. The molecule has 1 rings (SSSR count). The van der Waals surface area contributed by atoms with E-state index >= 15 is 0 Å². The number of ether oxygens (including phenoxy) is 1. The number of benzene rings is 1. The molecule has 0 saturated carbocycles. The quantitative estimate of drug-likeness (QED) is 0.749. The number of aliphatic carboxylic acids is 1. The molecule has 0 aromatic heterocycles. The summed E-state index contributed by atoms with van der Waals surface area (Å²) in [5.74, 6) is -0.372. The molecule has 0 bridgehead atoms. The highest BCUT2D eigenvalue weighted by Crippen LogP contribution is 2.17. The van der Waals surface area contributed by atoms with Crippen LogP contribution in [0.15, 0.2) is 28.7 Å². The number of carbonyl (C=O) groups is 2. The fourth-order valence-electron chi connectivity index (χ4n) is 1.74. The second-order valence-electron chi connectivity index (χ2n) is 5.07. The summed E-state index contributed by atoms with van der Waals surface area (Å²) in [6.07, 6.45) is 0.116. The number of carboxylic acids is 1. The Morgan fingerprint density at radius 1 is 1.38 bits per heavy atom. The molecular formula is C15H20BrNO4. The van der Waals surface area contributed by atoms with Gasteiger partial charge in [0.15, 0.2) is 0 Å². The summed E-state index contributed by atoms with van der Waals surface area (Å²) in [5, 5.41) is 11.6. The topological polar surface area (TPSA) is 75.6 Å². The molecule has 116 valence electrons. The van der Waals surface area contributed by atoms with Gasteiger partial charge >= 0.3 is 5.97 Å². The zero-order valence-corrected chi connectivity index (χ0v) is 13.7. The third kappa shape index (κ3) is 7.13. The molecule has 1 unspecified atom stereocenters. The molecule has 0 aliphatic rings. The van der Waals surface area contributed by atoms with E-state index in [2.05, 4.69) is 21.2 Å². The molecule has 0 aliphatic heterocycles. The minimum absolute atomic E-state index is 0.0658. The Kier molecular flexibility index (Phi) is 7.22. The molecule has 0 spiro atoms. The molecule has 1 aromatic carbocycles. The summed E-state index contributed by atoms with van der Waals surface area (Å²) in [7, 11) is 0. The Morgan fingerprint density at radius 3 is 2.67 bits per heavy atom. The van der Waals surface area contributed by atoms with Crippen LogP contribution in [-0.4, -0.2) is 29.6 Å². The number of nitrogens with one attached hydrogen (secondary N) is 1. The van der Waals surface area contributed by atoms with Gasteiger partial charge in [0.1, 0.15) is 5.75 Å². The first kappa shape index (κ1) is 17.5. The van der Waals surface area contributed by atoms with Gasteiger partial charge < -0.3 is 15.2 Å². The summed E-state index contributed by atoms with van der Waals surface area (Å²) in [5.41, 5.74) is 0. The standard InChI is InChI=1S/C15H20BrNO4/c1-10(2)13(9-15(19)20)17-14(18)6-7-21-12-5-3-4-11(16)8-12/h3-5,8,10,13H,6-7,9H2,1-2H3,(H,17,18)(H,19,20). The van der Waals surface area contributed by atoms with E-state index in [1.165, 1.54) is 0 Å². The van der Waals surface area contributed by atoms with Gasteiger partial charge in [-0.15, -0.1) is 0 Å². The maximum absolute atomic E-state index is 11.8. The van der Waals surface area contributed by atoms with Gasteiger partial charge in [-0.3, -0.25) is 9.59 Å². The molecule has 0 heterocycles. The summed E-state index contributed by atoms with van der Waals surface area (Å²) in [6.45, 7) is 4.01. The van der Waals surface area contributed by atoms with Gasteiger partial charge in [-0.05, 0) is 24.1 Å². The number of carbonyl (C=O) groups excluding carboxylic acids is 1. The van der Waals surface area contributed by atoms with Crippen LogP contribution in [0.1, 0.15) is 26.7 Å². The zero-order valence-electron chi connectivity index (χ0n) is 12.1. The van der Waals surface area contributed by atoms with Crippen LogP contribution < -0.4 is 10.1 Å². The van der Waals surface area contributed by atoms with Crippen LogP contribution in [0.25, 0.3) is 0 Å². The smallest absolute Gasteiger partial charge is 0.305 e. The van der Waals surface area contributed by atoms with Crippen molar-refractivity contribution in [1.29, 1.82) is 0 Å². The lowest BCUT2D eigenvalue weighted by Crippen LogP contribution is -2.40. The van der Waals surface area contributed by atoms with Gasteiger partial charge in [-0.1, -0.05) is 35.8 Å². The number of carboxylic acid groups (broad SMARTS) is 1. The maximum Gasteiger partial charge on any atom is 0.305 e. The third-order valence-corrected chi connectivity index (χ3v) is 3.43. The molecular weight excluding hydrogens is 338 g/mol. The van der Waals surface area contributed by atoms with E-state index in [0.717, 1.165) is 4.47 Å². The number of hydrogen-bond acceptors (Lipinski definition) is 3. The maximum atomic E-state index is 11.8. The molecule has 21 heavy (non-hydrogen) atoms. The Labute approximate surface area is 132 Å². The van der Waals surface area contributed by atoms with Gasteiger partial charge in [0.25, 0.3) is 0 Å². The van der Waals surface area contributed by atoms with E-state index in [9.17, 15) is 9.59 Å². The average molecular weight is 358 g/mol. The zero-order chi connectivity index (χ0) is 15.8. The average Bonchev–Trinajstić information content (AvgIpc) is 2.37. The number of rotatable bonds is 8. The van der Waals surface area contributed by atoms with Crippen LogP contribution >= 0.6 is 15.9 Å². The van der Waals surface area contributed by atoms with Crippen molar-refractivity contribution in [2.45, 2.75) is 32.7 Å². The summed E-state index contributed by atoms with van der Waals surface area (Å²) >= 11 is 3.34. The van der Waals surface area contributed by atoms with Gasteiger partial charge in [0, 0.05) is 10.5 Å². The second-order valence-corrected chi connectivity index (χ2v) is 5.99. The van der Waals surface area contributed by atoms with Crippen LogP contribution in [0.4, 0.5) is 0 Å². The van der Waals surface area contributed by atoms with Crippen molar-refractivity contribution in [2.24, 2.45) is 5.92 Å². The van der Waals surface area contributed by atoms with Gasteiger partial charge in [0.2, 0.25) is 5.91 Å². The predicted molar refractivity (Wildman–Crippen MR) is 83.3 cm³/mol. The second kappa shape index (κ2) is 8.67.